The van der Waals surface area contributed by atoms with Crippen molar-refractivity contribution in [3.63, 3.8) is 0 Å². The molecule has 0 saturated heterocycles. The van der Waals surface area contributed by atoms with E-state index in [-0.39, 0.29) is 5.69 Å². The van der Waals surface area contributed by atoms with Crippen molar-refractivity contribution in [2.75, 3.05) is 10.6 Å². The van der Waals surface area contributed by atoms with E-state index in [0.29, 0.717) is 5.13 Å². The molecular weight excluding hydrogens is 357 g/mol. The lowest BCUT2D eigenvalue weighted by molar-refractivity contribution is 0.262. The van der Waals surface area contributed by atoms with Crippen molar-refractivity contribution in [2.45, 2.75) is 0 Å². The smallest absolute Gasteiger partial charge is 0.305 e. The molecule has 0 bridgehead atoms. The molecule has 106 valence electrons. The van der Waals surface area contributed by atoms with E-state index in [0.717, 1.165) is 14.7 Å². The van der Waals surface area contributed by atoms with Crippen LogP contribution in [-0.2, 0) is 0 Å². The van der Waals surface area contributed by atoms with Crippen LogP contribution in [0.5, 0.6) is 0 Å². The van der Waals surface area contributed by atoms with E-state index in [1.807, 2.05) is 18.2 Å². The molecule has 0 radical (unpaired) electrons. The number of carbonyl (C=O) groups excluding carboxylic acids is 1. The SMILES string of the molecule is O=C(Nc1nc2ccc(Br)cc2s1)Nc1ccccc1F. The highest BCUT2D eigenvalue weighted by Crippen LogP contribution is 2.28. The largest absolute Gasteiger partial charge is 0.325 e. The van der Waals surface area contributed by atoms with Crippen molar-refractivity contribution >= 4 is 54.3 Å². The second-order valence-corrected chi connectivity index (χ2v) is 6.14. The number of benzene rings is 2. The first kappa shape index (κ1) is 14.0. The Bertz CT molecular complexity index is 821. The summed E-state index contributed by atoms with van der Waals surface area (Å²) in [6, 6.07) is 11.1. The van der Waals surface area contributed by atoms with E-state index in [1.54, 1.807) is 12.1 Å². The highest BCUT2D eigenvalue weighted by atomic mass is 79.9. The molecule has 0 fully saturated rings. The third kappa shape index (κ3) is 3.20. The number of halogens is 2. The van der Waals surface area contributed by atoms with Gasteiger partial charge in [-0.25, -0.2) is 14.2 Å². The third-order valence-corrected chi connectivity index (χ3v) is 4.12. The minimum atomic E-state index is -0.529. The number of hydrogen-bond donors (Lipinski definition) is 2. The second-order valence-electron chi connectivity index (χ2n) is 4.19. The van der Waals surface area contributed by atoms with E-state index < -0.39 is 11.8 Å². The van der Waals surface area contributed by atoms with E-state index >= 15 is 0 Å². The van der Waals surface area contributed by atoms with Crippen molar-refractivity contribution in [1.29, 1.82) is 0 Å². The van der Waals surface area contributed by atoms with Crippen LogP contribution >= 0.6 is 27.3 Å². The zero-order chi connectivity index (χ0) is 14.8. The quantitative estimate of drug-likeness (QED) is 0.682. The number of thiazole rings is 1. The summed E-state index contributed by atoms with van der Waals surface area (Å²) >= 11 is 4.73. The molecule has 0 aliphatic rings. The molecule has 0 saturated carbocycles. The Balaban J connectivity index is 1.75. The van der Waals surface area contributed by atoms with Gasteiger partial charge in [0, 0.05) is 4.47 Å². The summed E-state index contributed by atoms with van der Waals surface area (Å²) in [7, 11) is 0. The van der Waals surface area contributed by atoms with Crippen LogP contribution in [0.4, 0.5) is 20.0 Å². The molecule has 7 heteroatoms. The summed E-state index contributed by atoms with van der Waals surface area (Å²) in [5, 5.41) is 5.50. The number of amides is 2. The van der Waals surface area contributed by atoms with Gasteiger partial charge in [0.15, 0.2) is 5.13 Å². The van der Waals surface area contributed by atoms with Crippen LogP contribution < -0.4 is 10.6 Å². The Morgan fingerprint density at radius 3 is 2.81 bits per heavy atom. The van der Waals surface area contributed by atoms with Crippen molar-refractivity contribution in [2.24, 2.45) is 0 Å². The zero-order valence-electron chi connectivity index (χ0n) is 10.6. The molecule has 1 aromatic heterocycles. The zero-order valence-corrected chi connectivity index (χ0v) is 13.0. The maximum atomic E-state index is 13.4. The molecule has 2 N–H and O–H groups in total. The van der Waals surface area contributed by atoms with Crippen LogP contribution in [0.15, 0.2) is 46.9 Å². The summed E-state index contributed by atoms with van der Waals surface area (Å²) in [6.45, 7) is 0. The van der Waals surface area contributed by atoms with Gasteiger partial charge < -0.3 is 5.32 Å². The number of carbonyl (C=O) groups is 1. The van der Waals surface area contributed by atoms with Gasteiger partial charge in [-0.2, -0.15) is 0 Å². The minimum absolute atomic E-state index is 0.124. The lowest BCUT2D eigenvalue weighted by Crippen LogP contribution is -2.19. The fourth-order valence-electron chi connectivity index (χ4n) is 1.77. The Morgan fingerprint density at radius 2 is 2.00 bits per heavy atom. The summed E-state index contributed by atoms with van der Waals surface area (Å²) in [5.74, 6) is -0.485. The van der Waals surface area contributed by atoms with E-state index in [1.165, 1.54) is 23.5 Å². The van der Waals surface area contributed by atoms with Crippen molar-refractivity contribution < 1.29 is 9.18 Å². The molecule has 21 heavy (non-hydrogen) atoms. The number of anilines is 2. The first-order valence-electron chi connectivity index (χ1n) is 6.00. The van der Waals surface area contributed by atoms with E-state index in [2.05, 4.69) is 31.5 Å². The molecule has 0 aliphatic carbocycles. The molecule has 2 aromatic carbocycles. The number of nitrogens with one attached hydrogen (secondary N) is 2. The lowest BCUT2D eigenvalue weighted by atomic mass is 10.3. The molecule has 2 amide bonds. The molecule has 3 rings (SSSR count). The number of nitrogens with zero attached hydrogens (tertiary/aromatic N) is 1. The normalized spacial score (nSPS) is 10.6. The third-order valence-electron chi connectivity index (χ3n) is 2.69. The van der Waals surface area contributed by atoms with Gasteiger partial charge in [-0.05, 0) is 30.3 Å². The average Bonchev–Trinajstić information content (AvgIpc) is 2.82. The Morgan fingerprint density at radius 1 is 1.19 bits per heavy atom. The average molecular weight is 366 g/mol. The number of urea groups is 1. The van der Waals surface area contributed by atoms with Crippen molar-refractivity contribution in [3.05, 3.63) is 52.8 Å². The summed E-state index contributed by atoms with van der Waals surface area (Å²) in [5.41, 5.74) is 0.920. The van der Waals surface area contributed by atoms with Crippen LogP contribution in [0, 0.1) is 5.82 Å². The molecule has 0 spiro atoms. The van der Waals surface area contributed by atoms with Gasteiger partial charge in [-0.15, -0.1) is 0 Å². The highest BCUT2D eigenvalue weighted by Gasteiger charge is 2.09. The predicted molar refractivity (Wildman–Crippen MR) is 86.4 cm³/mol. The van der Waals surface area contributed by atoms with Crippen molar-refractivity contribution in [1.82, 2.24) is 4.98 Å². The molecule has 0 atom stereocenters. The number of aromatic nitrogens is 1. The maximum absolute atomic E-state index is 13.4. The second kappa shape index (κ2) is 5.79. The number of rotatable bonds is 2. The minimum Gasteiger partial charge on any atom is -0.305 e. The first-order valence-corrected chi connectivity index (χ1v) is 7.61. The van der Waals surface area contributed by atoms with Gasteiger partial charge in [-0.3, -0.25) is 5.32 Å². The van der Waals surface area contributed by atoms with Crippen LogP contribution in [0.3, 0.4) is 0 Å². The lowest BCUT2D eigenvalue weighted by Gasteiger charge is -2.05. The van der Waals surface area contributed by atoms with Crippen LogP contribution in [0.1, 0.15) is 0 Å². The number of fused-ring (bicyclic) bond motifs is 1. The monoisotopic (exact) mass is 365 g/mol. The maximum Gasteiger partial charge on any atom is 0.325 e. The van der Waals surface area contributed by atoms with Gasteiger partial charge >= 0.3 is 6.03 Å². The number of para-hydroxylation sites is 1. The van der Waals surface area contributed by atoms with E-state index in [9.17, 15) is 9.18 Å². The Hall–Kier alpha value is -1.99. The molecule has 0 unspecified atom stereocenters. The topological polar surface area (TPSA) is 54.0 Å². The summed E-state index contributed by atoms with van der Waals surface area (Å²) < 4.78 is 15.3. The van der Waals surface area contributed by atoms with Crippen LogP contribution in [-0.4, -0.2) is 11.0 Å². The predicted octanol–water partition coefficient (Wildman–Crippen LogP) is 4.84. The van der Waals surface area contributed by atoms with Gasteiger partial charge in [0.25, 0.3) is 0 Å². The summed E-state index contributed by atoms with van der Waals surface area (Å²) in [6.07, 6.45) is 0. The highest BCUT2D eigenvalue weighted by molar-refractivity contribution is 9.10. The van der Waals surface area contributed by atoms with E-state index in [4.69, 9.17) is 0 Å². The van der Waals surface area contributed by atoms with Gasteiger partial charge in [0.2, 0.25) is 0 Å². The van der Waals surface area contributed by atoms with Crippen molar-refractivity contribution in [3.8, 4) is 0 Å². The summed E-state index contributed by atoms with van der Waals surface area (Å²) in [4.78, 5) is 16.1. The first-order chi connectivity index (χ1) is 10.1. The van der Waals surface area contributed by atoms with Gasteiger partial charge in [-0.1, -0.05) is 39.4 Å². The fourth-order valence-corrected chi connectivity index (χ4v) is 3.18. The van der Waals surface area contributed by atoms with Crippen LogP contribution in [0.25, 0.3) is 10.2 Å². The van der Waals surface area contributed by atoms with Crippen LogP contribution in [0.2, 0.25) is 0 Å². The Kier molecular flexibility index (Phi) is 3.85. The molecule has 3 aromatic rings. The molecular formula is C14H9BrFN3OS. The molecule has 0 aliphatic heterocycles. The van der Waals surface area contributed by atoms with Gasteiger partial charge in [0.1, 0.15) is 5.82 Å². The standard InChI is InChI=1S/C14H9BrFN3OS/c15-8-5-6-11-12(7-8)21-14(18-11)19-13(20)17-10-4-2-1-3-9(10)16/h1-7H,(H2,17,18,19,20). The molecule has 1 heterocycles. The number of hydrogen-bond acceptors (Lipinski definition) is 3. The fraction of sp³-hybridized carbons (Fsp3) is 0. The Labute approximate surface area is 132 Å². The molecule has 4 nitrogen and oxygen atoms in total. The van der Waals surface area contributed by atoms with Gasteiger partial charge in [0.05, 0.1) is 15.9 Å².